The first kappa shape index (κ1) is 46.3. The van der Waals surface area contributed by atoms with Gasteiger partial charge in [-0.25, -0.2) is 0 Å². The average Bonchev–Trinajstić information content (AvgIpc) is 3.71. The van der Waals surface area contributed by atoms with Gasteiger partial charge < -0.3 is 4.90 Å². The molecule has 2 aliphatic heterocycles. The maximum atomic E-state index is 2.57. The van der Waals surface area contributed by atoms with Crippen molar-refractivity contribution < 1.29 is 4.58 Å². The molecule has 0 unspecified atom stereocenters. The van der Waals surface area contributed by atoms with Crippen LogP contribution in [0.5, 0.6) is 0 Å². The van der Waals surface area contributed by atoms with Crippen molar-refractivity contribution in [2.24, 2.45) is 0 Å². The van der Waals surface area contributed by atoms with Gasteiger partial charge in [-0.05, 0) is 96.5 Å². The van der Waals surface area contributed by atoms with Gasteiger partial charge in [0.05, 0.1) is 5.41 Å². The van der Waals surface area contributed by atoms with E-state index >= 15 is 0 Å². The molecule has 3 heteroatoms. The molecule has 2 nitrogen and oxygen atoms in total. The Morgan fingerprint density at radius 3 is 1.64 bits per heavy atom. The maximum absolute atomic E-state index is 2.57. The lowest BCUT2D eigenvalue weighted by atomic mass is 9.66. The van der Waals surface area contributed by atoms with Gasteiger partial charge in [0.15, 0.2) is 5.71 Å². The molecule has 0 atom stereocenters. The van der Waals surface area contributed by atoms with Crippen molar-refractivity contribution in [3.05, 3.63) is 228 Å². The number of rotatable bonds is 15. The summed E-state index contributed by atoms with van der Waals surface area (Å²) in [6, 6.07) is 60.1. The quantitative estimate of drug-likeness (QED) is 0.0431. The lowest BCUT2D eigenvalue weighted by Gasteiger charge is -2.36. The van der Waals surface area contributed by atoms with Crippen LogP contribution < -0.4 is 4.90 Å². The summed E-state index contributed by atoms with van der Waals surface area (Å²) >= 11 is 0. The second-order valence-corrected chi connectivity index (χ2v) is 18.9. The predicted octanol–water partition coefficient (Wildman–Crippen LogP) is 15.3. The molecule has 0 bridgehead atoms. The Kier molecular flexibility index (Phi) is 14.4. The smallest absolute Gasteiger partial charge is 0.210 e. The van der Waals surface area contributed by atoms with E-state index in [2.05, 4.69) is 245 Å². The van der Waals surface area contributed by atoms with Crippen LogP contribution in [0.4, 0.5) is 11.4 Å². The fourth-order valence-corrected chi connectivity index (χ4v) is 10.9. The molecule has 0 radical (unpaired) electrons. The van der Waals surface area contributed by atoms with Gasteiger partial charge in [0, 0.05) is 52.9 Å². The van der Waals surface area contributed by atoms with Crippen molar-refractivity contribution in [2.75, 3.05) is 18.0 Å². The van der Waals surface area contributed by atoms with Gasteiger partial charge in [-0.1, -0.05) is 211 Å². The SMILES string of the molecule is CCCCN1C(=CC=CC=CC2=[N+](CCCC)c3ccc4ccccc4c3C2(C)C)C(C)(C)c2c1ccc1ccccc21.[BH3-]CCCC(c1ccccc1)(c1ccccc1)c1ccccc1. The summed E-state index contributed by atoms with van der Waals surface area (Å²) in [5.41, 5.74) is 12.5. The number of hydrogen-bond donors (Lipinski definition) is 0. The maximum Gasteiger partial charge on any atom is 0.210 e. The molecule has 66 heavy (non-hydrogen) atoms. The first-order valence-corrected chi connectivity index (χ1v) is 24.2. The molecule has 0 amide bonds. The van der Waals surface area contributed by atoms with Crippen LogP contribution in [-0.2, 0) is 16.2 Å². The number of hydrogen-bond acceptors (Lipinski definition) is 1. The first-order chi connectivity index (χ1) is 32.2. The third kappa shape index (κ3) is 8.90. The molecule has 7 aromatic carbocycles. The van der Waals surface area contributed by atoms with E-state index in [4.69, 9.17) is 0 Å². The van der Waals surface area contributed by atoms with E-state index in [1.807, 2.05) is 0 Å². The molecule has 0 aliphatic carbocycles. The summed E-state index contributed by atoms with van der Waals surface area (Å²) in [5.74, 6) is 0. The van der Waals surface area contributed by atoms with Gasteiger partial charge in [-0.15, -0.1) is 0 Å². The van der Waals surface area contributed by atoms with Gasteiger partial charge >= 0.3 is 0 Å². The summed E-state index contributed by atoms with van der Waals surface area (Å²) in [6.45, 7) is 16.2. The van der Waals surface area contributed by atoms with Crippen LogP contribution in [0, 0.1) is 0 Å². The lowest BCUT2D eigenvalue weighted by Crippen LogP contribution is -2.29. The minimum Gasteiger partial charge on any atom is -0.344 e. The Bertz CT molecular complexity index is 2770. The molecule has 0 saturated carbocycles. The number of allylic oxidation sites excluding steroid dienone is 6. The Morgan fingerprint density at radius 1 is 0.545 bits per heavy atom. The van der Waals surface area contributed by atoms with Crippen LogP contribution in [-0.4, -0.2) is 31.2 Å². The van der Waals surface area contributed by atoms with E-state index in [9.17, 15) is 0 Å². The largest absolute Gasteiger partial charge is 0.344 e. The van der Waals surface area contributed by atoms with Gasteiger partial charge in [0.2, 0.25) is 5.69 Å². The highest BCUT2D eigenvalue weighted by atomic mass is 15.2. The second kappa shape index (κ2) is 20.5. The monoisotopic (exact) mass is 867 g/mol. The molecule has 336 valence electrons. The molecular formula is C63H71BN2. The second-order valence-electron chi connectivity index (χ2n) is 18.9. The van der Waals surface area contributed by atoms with Crippen molar-refractivity contribution in [1.29, 1.82) is 0 Å². The lowest BCUT2D eigenvalue weighted by molar-refractivity contribution is -0.438. The zero-order valence-electron chi connectivity index (χ0n) is 39.7. The number of anilines is 1. The molecule has 0 aromatic heterocycles. The summed E-state index contributed by atoms with van der Waals surface area (Å²) in [5, 5.41) is 5.39. The van der Waals surface area contributed by atoms with Crippen LogP contribution in [0.1, 0.15) is 108 Å². The Hall–Kier alpha value is -6.19. The fourth-order valence-electron chi connectivity index (χ4n) is 10.9. The number of nitrogens with zero attached hydrogens (tertiary/aromatic N) is 2. The van der Waals surface area contributed by atoms with Gasteiger partial charge in [-0.3, -0.25) is 0 Å². The van der Waals surface area contributed by atoms with Crippen LogP contribution in [0.3, 0.4) is 0 Å². The van der Waals surface area contributed by atoms with Gasteiger partial charge in [0.1, 0.15) is 6.54 Å². The number of benzene rings is 7. The third-order valence-electron chi connectivity index (χ3n) is 14.1. The van der Waals surface area contributed by atoms with Gasteiger partial charge in [-0.2, -0.15) is 10.9 Å². The van der Waals surface area contributed by atoms with Crippen LogP contribution in [0.25, 0.3) is 21.5 Å². The summed E-state index contributed by atoms with van der Waals surface area (Å²) in [7, 11) is 0.469. The fraction of sp³-hybridized carbons (Fsp3) is 0.286. The molecular weight excluding hydrogens is 796 g/mol. The zero-order valence-corrected chi connectivity index (χ0v) is 39.7. The molecule has 2 heterocycles. The van der Waals surface area contributed by atoms with Crippen molar-refractivity contribution in [1.82, 2.24) is 0 Å². The average molecular weight is 867 g/mol. The Balaban J connectivity index is 0.000000216. The topological polar surface area (TPSA) is 6.25 Å². The van der Waals surface area contributed by atoms with Gasteiger partial charge in [0.25, 0.3) is 0 Å². The minimum atomic E-state index is -0.0696. The van der Waals surface area contributed by atoms with Crippen LogP contribution in [0.2, 0.25) is 6.32 Å². The van der Waals surface area contributed by atoms with Crippen molar-refractivity contribution in [2.45, 2.75) is 103 Å². The summed E-state index contributed by atoms with van der Waals surface area (Å²) in [4.78, 5) is 2.57. The normalized spacial score (nSPS) is 15.8. The highest BCUT2D eigenvalue weighted by molar-refractivity contribution is 6.08. The number of fused-ring (bicyclic) bond motifs is 6. The van der Waals surface area contributed by atoms with E-state index in [1.165, 1.54) is 117 Å². The summed E-state index contributed by atoms with van der Waals surface area (Å²) in [6.07, 6.45) is 20.1. The van der Waals surface area contributed by atoms with E-state index in [0.717, 1.165) is 13.1 Å². The molecule has 0 N–H and O–H groups in total. The summed E-state index contributed by atoms with van der Waals surface area (Å²) < 4.78 is 2.57. The van der Waals surface area contributed by atoms with Crippen LogP contribution in [0.15, 0.2) is 200 Å². The van der Waals surface area contributed by atoms with Crippen LogP contribution >= 0.6 is 0 Å². The Labute approximate surface area is 397 Å². The molecule has 0 fully saturated rings. The molecule has 2 aliphatic rings. The van der Waals surface area contributed by atoms with E-state index < -0.39 is 0 Å². The molecule has 7 aromatic rings. The first-order valence-electron chi connectivity index (χ1n) is 24.2. The van der Waals surface area contributed by atoms with Crippen molar-refractivity contribution in [3.63, 3.8) is 0 Å². The standard InChI is InChI=1S/C41H47N2.C22H24B/c1-7-9-28-42-34-26-24-30-18-14-16-20-32(30)38(34)40(3,4)36(42)22-12-11-13-23-37-41(5,6)39-33-21-17-15-19-31(33)25-27-35(39)43(37)29-10-8-2;23-18-10-17-22(19-11-4-1-5-12-19,20-13-6-2-7-14-20)21-15-8-3-9-16-21/h11-27H,7-10,28-29H2,1-6H3;1-9,11-16H,10,17-18H2,23H3/q+1;-1. The highest BCUT2D eigenvalue weighted by Gasteiger charge is 2.45. The zero-order chi connectivity index (χ0) is 46.2. The minimum absolute atomic E-state index is 0.0297. The van der Waals surface area contributed by atoms with E-state index in [1.54, 1.807) is 0 Å². The molecule has 0 spiro atoms. The van der Waals surface area contributed by atoms with E-state index in [0.29, 0.717) is 7.85 Å². The van der Waals surface area contributed by atoms with Crippen molar-refractivity contribution >= 4 is 46.5 Å². The third-order valence-corrected chi connectivity index (χ3v) is 14.1. The van der Waals surface area contributed by atoms with Crippen molar-refractivity contribution in [3.8, 4) is 0 Å². The number of unbranched alkanes of at least 4 members (excludes halogenated alkanes) is 2. The molecule has 0 saturated heterocycles. The predicted molar refractivity (Wildman–Crippen MR) is 290 cm³/mol. The Morgan fingerprint density at radius 2 is 1.08 bits per heavy atom. The molecule has 9 rings (SSSR count). The van der Waals surface area contributed by atoms with E-state index in [-0.39, 0.29) is 16.2 Å². The highest BCUT2D eigenvalue weighted by Crippen LogP contribution is 2.51.